The Hall–Kier alpha value is -1.33. The third-order valence-electron chi connectivity index (χ3n) is 1.96. The zero-order valence-corrected chi connectivity index (χ0v) is 7.91. The van der Waals surface area contributed by atoms with Gasteiger partial charge in [-0.3, -0.25) is 0 Å². The monoisotopic (exact) mass is 175 g/mol. The van der Waals surface area contributed by atoms with Crippen LogP contribution in [0.5, 0.6) is 0 Å². The van der Waals surface area contributed by atoms with Crippen LogP contribution >= 0.6 is 0 Å². The number of terminal acetylenes is 1. The van der Waals surface area contributed by atoms with Gasteiger partial charge in [-0.1, -0.05) is 13.8 Å². The minimum absolute atomic E-state index is 0.0186. The molecule has 1 N–H and O–H groups in total. The van der Waals surface area contributed by atoms with E-state index in [1.165, 1.54) is 0 Å². The largest absolute Gasteiger partial charge is 0.392 e. The fourth-order valence-electron chi connectivity index (χ4n) is 1.41. The zero-order chi connectivity index (χ0) is 9.84. The van der Waals surface area contributed by atoms with Gasteiger partial charge < -0.3 is 5.11 Å². The van der Waals surface area contributed by atoms with Crippen molar-refractivity contribution in [2.75, 3.05) is 0 Å². The number of hydrogen-bond acceptors (Lipinski definition) is 2. The summed E-state index contributed by atoms with van der Waals surface area (Å²) in [5.41, 5.74) is 2.49. The Labute approximate surface area is 78.6 Å². The van der Waals surface area contributed by atoms with Crippen LogP contribution < -0.4 is 0 Å². The van der Waals surface area contributed by atoms with Crippen LogP contribution in [0.3, 0.4) is 0 Å². The SMILES string of the molecule is C#Cc1nccc(CO)c1C(C)C. The van der Waals surface area contributed by atoms with Crippen molar-refractivity contribution in [3.05, 3.63) is 29.1 Å². The van der Waals surface area contributed by atoms with Gasteiger partial charge in [-0.15, -0.1) is 6.42 Å². The normalized spacial score (nSPS) is 10.1. The summed E-state index contributed by atoms with van der Waals surface area (Å²) in [6.45, 7) is 4.10. The lowest BCUT2D eigenvalue weighted by molar-refractivity contribution is 0.280. The average molecular weight is 175 g/mol. The highest BCUT2D eigenvalue weighted by Gasteiger charge is 2.10. The molecule has 0 saturated heterocycles. The molecule has 1 heterocycles. The van der Waals surface area contributed by atoms with E-state index in [2.05, 4.69) is 10.9 Å². The van der Waals surface area contributed by atoms with Gasteiger partial charge in [0.15, 0.2) is 0 Å². The Morgan fingerprint density at radius 3 is 2.77 bits per heavy atom. The van der Waals surface area contributed by atoms with Gasteiger partial charge in [0.05, 0.1) is 6.61 Å². The van der Waals surface area contributed by atoms with Crippen LogP contribution in [0.4, 0.5) is 0 Å². The van der Waals surface area contributed by atoms with Gasteiger partial charge in [-0.25, -0.2) is 4.98 Å². The van der Waals surface area contributed by atoms with Gasteiger partial charge in [0.1, 0.15) is 5.69 Å². The molecule has 0 amide bonds. The Kier molecular flexibility index (Phi) is 3.05. The molecule has 2 heteroatoms. The van der Waals surface area contributed by atoms with E-state index in [1.54, 1.807) is 12.3 Å². The Balaban J connectivity index is 3.32. The third-order valence-corrected chi connectivity index (χ3v) is 1.96. The molecule has 0 bridgehead atoms. The maximum atomic E-state index is 9.09. The Morgan fingerprint density at radius 1 is 1.62 bits per heavy atom. The number of hydrogen-bond donors (Lipinski definition) is 1. The van der Waals surface area contributed by atoms with Crippen molar-refractivity contribution in [2.24, 2.45) is 0 Å². The summed E-state index contributed by atoms with van der Waals surface area (Å²) in [5.74, 6) is 2.82. The van der Waals surface area contributed by atoms with Crippen LogP contribution in [0, 0.1) is 12.3 Å². The quantitative estimate of drug-likeness (QED) is 0.694. The van der Waals surface area contributed by atoms with E-state index in [0.29, 0.717) is 11.6 Å². The molecule has 0 unspecified atom stereocenters. The summed E-state index contributed by atoms with van der Waals surface area (Å²) < 4.78 is 0. The minimum Gasteiger partial charge on any atom is -0.392 e. The Morgan fingerprint density at radius 2 is 2.31 bits per heavy atom. The molecule has 0 fully saturated rings. The lowest BCUT2D eigenvalue weighted by Gasteiger charge is -2.11. The summed E-state index contributed by atoms with van der Waals surface area (Å²) in [4.78, 5) is 4.08. The summed E-state index contributed by atoms with van der Waals surface area (Å²) in [6, 6.07) is 1.80. The predicted molar refractivity (Wildman–Crippen MR) is 52.2 cm³/mol. The summed E-state index contributed by atoms with van der Waals surface area (Å²) >= 11 is 0. The molecule has 1 aromatic rings. The molecule has 2 nitrogen and oxygen atoms in total. The predicted octanol–water partition coefficient (Wildman–Crippen LogP) is 1.68. The fraction of sp³-hybridized carbons (Fsp3) is 0.364. The van der Waals surface area contributed by atoms with Crippen molar-refractivity contribution in [3.63, 3.8) is 0 Å². The van der Waals surface area contributed by atoms with Crippen LogP contribution in [0.25, 0.3) is 0 Å². The molecule has 1 aromatic heterocycles. The molecule has 0 aromatic carbocycles. The summed E-state index contributed by atoms with van der Waals surface area (Å²) in [6.07, 6.45) is 6.95. The maximum Gasteiger partial charge on any atom is 0.116 e. The highest BCUT2D eigenvalue weighted by atomic mass is 16.3. The van der Waals surface area contributed by atoms with Gasteiger partial charge in [0.2, 0.25) is 0 Å². The topological polar surface area (TPSA) is 33.1 Å². The molecular weight excluding hydrogens is 162 g/mol. The van der Waals surface area contributed by atoms with Crippen molar-refractivity contribution >= 4 is 0 Å². The number of aromatic nitrogens is 1. The van der Waals surface area contributed by atoms with Gasteiger partial charge in [0.25, 0.3) is 0 Å². The average Bonchev–Trinajstić information content (AvgIpc) is 2.16. The number of aliphatic hydroxyl groups is 1. The van der Waals surface area contributed by atoms with Crippen molar-refractivity contribution in [1.82, 2.24) is 4.98 Å². The van der Waals surface area contributed by atoms with Crippen molar-refractivity contribution in [3.8, 4) is 12.3 Å². The lowest BCUT2D eigenvalue weighted by Crippen LogP contribution is -2.02. The van der Waals surface area contributed by atoms with Gasteiger partial charge in [0, 0.05) is 6.20 Å². The highest BCUT2D eigenvalue weighted by Crippen LogP contribution is 2.21. The van der Waals surface area contributed by atoms with Crippen molar-refractivity contribution in [2.45, 2.75) is 26.4 Å². The van der Waals surface area contributed by atoms with Crippen LogP contribution in [-0.2, 0) is 6.61 Å². The smallest absolute Gasteiger partial charge is 0.116 e. The van der Waals surface area contributed by atoms with Crippen LogP contribution in [-0.4, -0.2) is 10.1 Å². The van der Waals surface area contributed by atoms with Crippen molar-refractivity contribution in [1.29, 1.82) is 0 Å². The fourth-order valence-corrected chi connectivity index (χ4v) is 1.41. The van der Waals surface area contributed by atoms with Gasteiger partial charge >= 0.3 is 0 Å². The lowest BCUT2D eigenvalue weighted by atomic mass is 9.96. The zero-order valence-electron chi connectivity index (χ0n) is 7.91. The first-order chi connectivity index (χ1) is 6.20. The van der Waals surface area contributed by atoms with Crippen LogP contribution in [0.1, 0.15) is 36.6 Å². The summed E-state index contributed by atoms with van der Waals surface area (Å²) in [5, 5.41) is 9.09. The standard InChI is InChI=1S/C11H13NO/c1-4-10-11(8(2)3)9(7-13)5-6-12-10/h1,5-6,8,13H,7H2,2-3H3. The van der Waals surface area contributed by atoms with E-state index in [9.17, 15) is 0 Å². The minimum atomic E-state index is 0.0186. The van der Waals surface area contributed by atoms with E-state index in [0.717, 1.165) is 11.1 Å². The third kappa shape index (κ3) is 1.88. The number of rotatable bonds is 2. The molecule has 1 rings (SSSR count). The molecule has 0 spiro atoms. The Bertz CT molecular complexity index is 336. The molecular formula is C11H13NO. The van der Waals surface area contributed by atoms with E-state index < -0.39 is 0 Å². The van der Waals surface area contributed by atoms with Crippen molar-refractivity contribution < 1.29 is 5.11 Å². The maximum absolute atomic E-state index is 9.09. The molecule has 0 radical (unpaired) electrons. The first-order valence-corrected chi connectivity index (χ1v) is 4.26. The second-order valence-corrected chi connectivity index (χ2v) is 3.19. The molecule has 0 aliphatic carbocycles. The number of pyridine rings is 1. The first-order valence-electron chi connectivity index (χ1n) is 4.26. The second kappa shape index (κ2) is 4.06. The molecule has 0 aliphatic rings. The summed E-state index contributed by atoms with van der Waals surface area (Å²) in [7, 11) is 0. The first kappa shape index (κ1) is 9.76. The molecule has 0 atom stereocenters. The highest BCUT2D eigenvalue weighted by molar-refractivity contribution is 5.40. The molecule has 68 valence electrons. The second-order valence-electron chi connectivity index (χ2n) is 3.19. The van der Waals surface area contributed by atoms with E-state index in [1.807, 2.05) is 13.8 Å². The van der Waals surface area contributed by atoms with Gasteiger partial charge in [-0.2, -0.15) is 0 Å². The number of nitrogens with zero attached hydrogens (tertiary/aromatic N) is 1. The molecule has 0 saturated carbocycles. The van der Waals surface area contributed by atoms with Gasteiger partial charge in [-0.05, 0) is 29.0 Å². The van der Waals surface area contributed by atoms with E-state index in [-0.39, 0.29) is 6.61 Å². The van der Waals surface area contributed by atoms with E-state index in [4.69, 9.17) is 11.5 Å². The van der Waals surface area contributed by atoms with E-state index >= 15 is 0 Å². The molecule has 13 heavy (non-hydrogen) atoms. The molecule has 0 aliphatic heterocycles. The number of aliphatic hydroxyl groups excluding tert-OH is 1. The van der Waals surface area contributed by atoms with Crippen LogP contribution in [0.15, 0.2) is 12.3 Å². The van der Waals surface area contributed by atoms with Crippen LogP contribution in [0.2, 0.25) is 0 Å².